The van der Waals surface area contributed by atoms with Crippen molar-refractivity contribution in [3.63, 3.8) is 0 Å². The Morgan fingerprint density at radius 2 is 2.43 bits per heavy atom. The average molecular weight is 337 g/mol. The summed E-state index contributed by atoms with van der Waals surface area (Å²) < 4.78 is 23.0. The van der Waals surface area contributed by atoms with Gasteiger partial charge in [-0.15, -0.1) is 0 Å². The maximum atomic E-state index is 7.37. The summed E-state index contributed by atoms with van der Waals surface area (Å²) in [7, 11) is 0. The maximum absolute atomic E-state index is 7.37. The van der Waals surface area contributed by atoms with Crippen LogP contribution in [-0.4, -0.2) is 45.9 Å². The van der Waals surface area contributed by atoms with E-state index in [-0.39, 0.29) is 5.41 Å². The van der Waals surface area contributed by atoms with Crippen LogP contribution in [0.1, 0.15) is 11.0 Å². The molecule has 2 aromatic rings. The van der Waals surface area contributed by atoms with Crippen LogP contribution >= 0.6 is 11.6 Å². The molecule has 4 heterocycles. The third kappa shape index (κ3) is 2.64. The number of aromatic nitrogens is 4. The Morgan fingerprint density at radius 1 is 1.52 bits per heavy atom. The molecule has 2 aliphatic heterocycles. The molecule has 0 bridgehead atoms. The monoisotopic (exact) mass is 336 g/mol. The van der Waals surface area contributed by atoms with Crippen molar-refractivity contribution in [1.29, 1.82) is 0 Å². The first-order chi connectivity index (χ1) is 12.2. The normalized spacial score (nSPS) is 29.0. The van der Waals surface area contributed by atoms with Crippen LogP contribution in [0.2, 0.25) is 5.02 Å². The minimum absolute atomic E-state index is 0.225. The molecule has 122 valence electrons. The number of hydrogen-bond acceptors (Lipinski definition) is 6. The number of anilines is 3. The molecule has 2 fully saturated rings. The summed E-state index contributed by atoms with van der Waals surface area (Å²) in [6, 6.07) is 0. The van der Waals surface area contributed by atoms with Crippen LogP contribution in [0.5, 0.6) is 0 Å². The lowest BCUT2D eigenvalue weighted by Gasteiger charge is -2.23. The number of hydrogen-bond donors (Lipinski definition) is 2. The van der Waals surface area contributed by atoms with E-state index in [9.17, 15) is 0 Å². The van der Waals surface area contributed by atoms with Crippen LogP contribution < -0.4 is 15.5 Å². The van der Waals surface area contributed by atoms with Crippen molar-refractivity contribution in [3.05, 3.63) is 23.6 Å². The zero-order valence-electron chi connectivity index (χ0n) is 15.8. The minimum Gasteiger partial charge on any atom is -0.354 e. The fourth-order valence-electron chi connectivity index (χ4n) is 3.48. The molecule has 0 unspecified atom stereocenters. The molecule has 4 rings (SSSR count). The second-order valence-corrected chi connectivity index (χ2v) is 6.93. The van der Waals surface area contributed by atoms with Gasteiger partial charge in [0.2, 0.25) is 5.95 Å². The maximum Gasteiger partial charge on any atom is 0.229 e. The Kier molecular flexibility index (Phi) is 2.71. The minimum atomic E-state index is -2.32. The van der Waals surface area contributed by atoms with Gasteiger partial charge in [0.25, 0.3) is 0 Å². The van der Waals surface area contributed by atoms with Gasteiger partial charge < -0.3 is 15.5 Å². The Bertz CT molecular complexity index is 824. The van der Waals surface area contributed by atoms with Gasteiger partial charge in [-0.05, 0) is 5.92 Å². The molecule has 7 nitrogen and oxygen atoms in total. The number of halogens is 1. The Morgan fingerprint density at radius 3 is 3.22 bits per heavy atom. The van der Waals surface area contributed by atoms with E-state index in [1.54, 1.807) is 6.20 Å². The highest BCUT2D eigenvalue weighted by molar-refractivity contribution is 6.32. The zero-order chi connectivity index (χ0) is 18.5. The fraction of sp³-hybridized carbons (Fsp3) is 0.533. The summed E-state index contributed by atoms with van der Waals surface area (Å²) in [5, 5.41) is 10.8. The van der Waals surface area contributed by atoms with Crippen LogP contribution in [0.4, 0.5) is 17.5 Å². The molecular formula is C15H20ClN7. The first-order valence-corrected chi connectivity index (χ1v) is 7.93. The Hall–Kier alpha value is -1.86. The second kappa shape index (κ2) is 5.35. The van der Waals surface area contributed by atoms with Gasteiger partial charge in [0.1, 0.15) is 5.02 Å². The van der Waals surface area contributed by atoms with Crippen molar-refractivity contribution >= 4 is 29.1 Å². The van der Waals surface area contributed by atoms with Gasteiger partial charge in [-0.2, -0.15) is 10.1 Å². The standard InChI is InChI=1S/C15H20ClN7/c1-15-8-17-3-10(15)6-23(9-15)13-12(16)5-18-14(21-13)20-11-4-19-22(2)7-11/h4-5,7,10,17H,3,6,8-9H2,1-2H3,(H,18,20,21)/t10-,15+/m0/s1/i2D3. The molecule has 0 saturated carbocycles. The predicted molar refractivity (Wildman–Crippen MR) is 90.2 cm³/mol. The van der Waals surface area contributed by atoms with Crippen molar-refractivity contribution in [2.24, 2.45) is 18.3 Å². The molecule has 0 aromatic carbocycles. The fourth-order valence-corrected chi connectivity index (χ4v) is 3.69. The number of aryl methyl sites for hydroxylation is 1. The SMILES string of the molecule is [2H]C([2H])([2H])n1cc(Nc2ncc(Cl)c(N3C[C@@H]4CNC[C@]4(C)C3)n2)cn1. The molecule has 0 spiro atoms. The van der Waals surface area contributed by atoms with E-state index < -0.39 is 6.98 Å². The van der Waals surface area contributed by atoms with Crippen molar-refractivity contribution in [1.82, 2.24) is 25.1 Å². The number of fused-ring (bicyclic) bond motifs is 1. The summed E-state index contributed by atoms with van der Waals surface area (Å²) in [6.45, 7) is 3.76. The van der Waals surface area contributed by atoms with E-state index in [0.717, 1.165) is 30.9 Å². The largest absolute Gasteiger partial charge is 0.354 e. The third-order valence-corrected chi connectivity index (χ3v) is 5.03. The molecule has 0 amide bonds. The Labute approximate surface area is 144 Å². The number of nitrogens with zero attached hydrogens (tertiary/aromatic N) is 5. The number of nitrogens with one attached hydrogen (secondary N) is 2. The van der Waals surface area contributed by atoms with Gasteiger partial charge in [0, 0.05) is 48.9 Å². The molecule has 2 saturated heterocycles. The topological polar surface area (TPSA) is 70.9 Å². The average Bonchev–Trinajstić information content (AvgIpc) is 3.22. The van der Waals surface area contributed by atoms with Gasteiger partial charge in [0.05, 0.1) is 18.1 Å². The van der Waals surface area contributed by atoms with Gasteiger partial charge in [-0.1, -0.05) is 18.5 Å². The Balaban J connectivity index is 1.54. The van der Waals surface area contributed by atoms with Crippen LogP contribution in [-0.2, 0) is 6.98 Å². The summed E-state index contributed by atoms with van der Waals surface area (Å²) in [6.07, 6.45) is 4.39. The highest BCUT2D eigenvalue weighted by Crippen LogP contribution is 2.41. The first kappa shape index (κ1) is 11.6. The lowest BCUT2D eigenvalue weighted by Crippen LogP contribution is -2.30. The molecule has 2 N–H and O–H groups in total. The summed E-state index contributed by atoms with van der Waals surface area (Å²) in [4.78, 5) is 10.9. The molecule has 0 radical (unpaired) electrons. The summed E-state index contributed by atoms with van der Waals surface area (Å²) in [5.41, 5.74) is 0.728. The van der Waals surface area contributed by atoms with Crippen molar-refractivity contribution in [2.75, 3.05) is 36.4 Å². The van der Waals surface area contributed by atoms with E-state index in [0.29, 0.717) is 28.4 Å². The van der Waals surface area contributed by atoms with E-state index in [1.165, 1.54) is 12.4 Å². The van der Waals surface area contributed by atoms with Crippen LogP contribution in [0.3, 0.4) is 0 Å². The smallest absolute Gasteiger partial charge is 0.229 e. The lowest BCUT2D eigenvalue weighted by molar-refractivity contribution is 0.338. The highest BCUT2D eigenvalue weighted by Gasteiger charge is 2.46. The molecule has 2 atom stereocenters. The van der Waals surface area contributed by atoms with Gasteiger partial charge >= 0.3 is 0 Å². The third-order valence-electron chi connectivity index (χ3n) is 4.76. The van der Waals surface area contributed by atoms with Crippen LogP contribution in [0.25, 0.3) is 0 Å². The van der Waals surface area contributed by atoms with Gasteiger partial charge in [0.15, 0.2) is 5.82 Å². The molecule has 8 heteroatoms. The zero-order valence-corrected chi connectivity index (χ0v) is 13.5. The number of rotatable bonds is 3. The van der Waals surface area contributed by atoms with Crippen molar-refractivity contribution in [2.45, 2.75) is 6.92 Å². The summed E-state index contributed by atoms with van der Waals surface area (Å²) >= 11 is 6.34. The first-order valence-electron chi connectivity index (χ1n) is 9.05. The van der Waals surface area contributed by atoms with Gasteiger partial charge in [-0.25, -0.2) is 4.98 Å². The van der Waals surface area contributed by atoms with Crippen molar-refractivity contribution in [3.8, 4) is 0 Å². The molecule has 2 aliphatic rings. The molecule has 2 aromatic heterocycles. The van der Waals surface area contributed by atoms with Crippen molar-refractivity contribution < 1.29 is 4.11 Å². The van der Waals surface area contributed by atoms with Crippen LogP contribution in [0, 0.1) is 11.3 Å². The molecule has 0 aliphatic carbocycles. The van der Waals surface area contributed by atoms with Gasteiger partial charge in [-0.3, -0.25) is 4.68 Å². The summed E-state index contributed by atoms with van der Waals surface area (Å²) in [5.74, 6) is 1.63. The van der Waals surface area contributed by atoms with E-state index in [4.69, 9.17) is 15.7 Å². The molecular weight excluding hydrogens is 314 g/mol. The molecule has 23 heavy (non-hydrogen) atoms. The highest BCUT2D eigenvalue weighted by atomic mass is 35.5. The van der Waals surface area contributed by atoms with E-state index in [1.807, 2.05) is 0 Å². The van der Waals surface area contributed by atoms with E-state index >= 15 is 0 Å². The quantitative estimate of drug-likeness (QED) is 0.888. The van der Waals surface area contributed by atoms with Crippen LogP contribution in [0.15, 0.2) is 18.6 Å². The second-order valence-electron chi connectivity index (χ2n) is 6.53. The van der Waals surface area contributed by atoms with E-state index in [2.05, 4.69) is 37.5 Å². The lowest BCUT2D eigenvalue weighted by atomic mass is 9.83. The predicted octanol–water partition coefficient (Wildman–Crippen LogP) is 1.65.